The summed E-state index contributed by atoms with van der Waals surface area (Å²) in [5.41, 5.74) is 0. The van der Waals surface area contributed by atoms with Crippen molar-refractivity contribution in [3.8, 4) is 0 Å². The first kappa shape index (κ1) is 18.0. The third-order valence-corrected chi connectivity index (χ3v) is 4.64. The first-order valence-corrected chi connectivity index (χ1v) is 9.35. The number of nitrogens with one attached hydrogen (secondary N) is 2. The predicted molar refractivity (Wildman–Crippen MR) is 90.3 cm³/mol. The van der Waals surface area contributed by atoms with Gasteiger partial charge in [-0.3, -0.25) is 0 Å². The van der Waals surface area contributed by atoms with Crippen LogP contribution in [0.3, 0.4) is 0 Å². The lowest BCUT2D eigenvalue weighted by Gasteiger charge is -2.33. The molecule has 1 saturated carbocycles. The minimum absolute atomic E-state index is 0.733. The fourth-order valence-electron chi connectivity index (χ4n) is 3.30. The summed E-state index contributed by atoms with van der Waals surface area (Å²) in [5, 5.41) is 7.64. The van der Waals surface area contributed by atoms with Crippen LogP contribution in [0.25, 0.3) is 0 Å². The maximum atomic E-state index is 3.82. The molecule has 0 saturated heterocycles. The largest absolute Gasteiger partial charge is 0.312 e. The fraction of sp³-hybridized carbons (Fsp3) is 1.00. The van der Waals surface area contributed by atoms with Crippen LogP contribution in [0.1, 0.15) is 90.9 Å². The second-order valence-corrected chi connectivity index (χ2v) is 6.53. The van der Waals surface area contributed by atoms with Gasteiger partial charge in [0.1, 0.15) is 0 Å². The molecule has 120 valence electrons. The van der Waals surface area contributed by atoms with Gasteiger partial charge >= 0.3 is 0 Å². The molecular formula is C18H38N2. The van der Waals surface area contributed by atoms with E-state index in [1.54, 1.807) is 0 Å². The zero-order valence-electron chi connectivity index (χ0n) is 14.1. The maximum absolute atomic E-state index is 3.82. The monoisotopic (exact) mass is 282 g/mol. The Hall–Kier alpha value is -0.0800. The van der Waals surface area contributed by atoms with Crippen molar-refractivity contribution in [2.24, 2.45) is 0 Å². The zero-order valence-corrected chi connectivity index (χ0v) is 14.1. The molecule has 2 nitrogen and oxygen atoms in total. The zero-order chi connectivity index (χ0) is 14.5. The van der Waals surface area contributed by atoms with Crippen LogP contribution in [0.2, 0.25) is 0 Å². The summed E-state index contributed by atoms with van der Waals surface area (Å²) in [6, 6.07) is 1.47. The highest BCUT2D eigenvalue weighted by atomic mass is 15.0. The Morgan fingerprint density at radius 1 is 0.650 bits per heavy atom. The average molecular weight is 283 g/mol. The van der Waals surface area contributed by atoms with E-state index in [2.05, 4.69) is 24.5 Å². The average Bonchev–Trinajstić information content (AvgIpc) is 2.48. The van der Waals surface area contributed by atoms with Crippen LogP contribution >= 0.6 is 0 Å². The van der Waals surface area contributed by atoms with E-state index in [0.717, 1.165) is 12.1 Å². The molecule has 0 aromatic rings. The second-order valence-electron chi connectivity index (χ2n) is 6.53. The number of rotatable bonds is 12. The van der Waals surface area contributed by atoms with E-state index in [9.17, 15) is 0 Å². The van der Waals surface area contributed by atoms with Gasteiger partial charge in [-0.15, -0.1) is 0 Å². The lowest BCUT2D eigenvalue weighted by atomic mass is 9.90. The second kappa shape index (κ2) is 12.6. The maximum Gasteiger partial charge on any atom is 0.0221 e. The molecule has 0 bridgehead atoms. The van der Waals surface area contributed by atoms with E-state index in [1.807, 2.05) is 0 Å². The third kappa shape index (κ3) is 8.26. The summed E-state index contributed by atoms with van der Waals surface area (Å²) < 4.78 is 0. The highest BCUT2D eigenvalue weighted by molar-refractivity contribution is 4.86. The van der Waals surface area contributed by atoms with Crippen LogP contribution in [-0.2, 0) is 0 Å². The summed E-state index contributed by atoms with van der Waals surface area (Å²) in [6.07, 6.45) is 16.5. The summed E-state index contributed by atoms with van der Waals surface area (Å²) >= 11 is 0. The van der Waals surface area contributed by atoms with Gasteiger partial charge < -0.3 is 10.6 Å². The molecule has 1 fully saturated rings. The lowest BCUT2D eigenvalue weighted by Crippen LogP contribution is -2.50. The van der Waals surface area contributed by atoms with Crippen molar-refractivity contribution in [1.82, 2.24) is 10.6 Å². The van der Waals surface area contributed by atoms with Crippen molar-refractivity contribution >= 4 is 0 Å². The van der Waals surface area contributed by atoms with Crippen LogP contribution in [-0.4, -0.2) is 25.2 Å². The van der Waals surface area contributed by atoms with E-state index < -0.39 is 0 Å². The van der Waals surface area contributed by atoms with Gasteiger partial charge in [-0.25, -0.2) is 0 Å². The van der Waals surface area contributed by atoms with E-state index in [-0.39, 0.29) is 0 Å². The van der Waals surface area contributed by atoms with Crippen LogP contribution < -0.4 is 10.6 Å². The van der Waals surface area contributed by atoms with E-state index in [0.29, 0.717) is 0 Å². The van der Waals surface area contributed by atoms with E-state index in [4.69, 9.17) is 0 Å². The van der Waals surface area contributed by atoms with Crippen molar-refractivity contribution < 1.29 is 0 Å². The van der Waals surface area contributed by atoms with Gasteiger partial charge in [-0.2, -0.15) is 0 Å². The van der Waals surface area contributed by atoms with E-state index in [1.165, 1.54) is 90.1 Å². The fourth-order valence-corrected chi connectivity index (χ4v) is 3.30. The van der Waals surface area contributed by atoms with Gasteiger partial charge in [0.2, 0.25) is 0 Å². The Morgan fingerprint density at radius 2 is 1.10 bits per heavy atom. The Bertz CT molecular complexity index is 184. The molecule has 0 radical (unpaired) electrons. The molecule has 0 aromatic heterocycles. The highest BCUT2D eigenvalue weighted by Crippen LogP contribution is 2.19. The molecule has 2 N–H and O–H groups in total. The summed E-state index contributed by atoms with van der Waals surface area (Å²) in [6.45, 7) is 7.01. The molecule has 1 aliphatic carbocycles. The Kier molecular flexibility index (Phi) is 11.4. The molecule has 0 aromatic carbocycles. The molecule has 2 atom stereocenters. The lowest BCUT2D eigenvalue weighted by molar-refractivity contribution is 0.281. The van der Waals surface area contributed by atoms with Crippen molar-refractivity contribution in [1.29, 1.82) is 0 Å². The molecule has 0 aliphatic heterocycles. The van der Waals surface area contributed by atoms with Gasteiger partial charge in [0.25, 0.3) is 0 Å². The van der Waals surface area contributed by atoms with Crippen molar-refractivity contribution in [3.63, 3.8) is 0 Å². The quantitative estimate of drug-likeness (QED) is 0.510. The number of hydrogen-bond acceptors (Lipinski definition) is 2. The van der Waals surface area contributed by atoms with E-state index >= 15 is 0 Å². The minimum Gasteiger partial charge on any atom is -0.312 e. The highest BCUT2D eigenvalue weighted by Gasteiger charge is 2.23. The van der Waals surface area contributed by atoms with Gasteiger partial charge in [-0.05, 0) is 38.8 Å². The smallest absolute Gasteiger partial charge is 0.0221 e. The SMILES string of the molecule is CCCCCCN[C@H]1CCCC[C@@H]1NCCCCCC. The van der Waals surface area contributed by atoms with Crippen molar-refractivity contribution in [3.05, 3.63) is 0 Å². The van der Waals surface area contributed by atoms with Gasteiger partial charge in [0.15, 0.2) is 0 Å². The van der Waals surface area contributed by atoms with Gasteiger partial charge in [0, 0.05) is 12.1 Å². The molecule has 20 heavy (non-hydrogen) atoms. The molecule has 2 heteroatoms. The number of unbranched alkanes of at least 4 members (excludes halogenated alkanes) is 6. The Labute approximate surface area is 127 Å². The summed E-state index contributed by atoms with van der Waals surface area (Å²) in [7, 11) is 0. The molecule has 0 amide bonds. The normalized spacial score (nSPS) is 23.1. The third-order valence-electron chi connectivity index (χ3n) is 4.64. The first-order valence-electron chi connectivity index (χ1n) is 9.35. The van der Waals surface area contributed by atoms with Gasteiger partial charge in [-0.1, -0.05) is 65.2 Å². The molecule has 1 rings (SSSR count). The van der Waals surface area contributed by atoms with Gasteiger partial charge in [0.05, 0.1) is 0 Å². The van der Waals surface area contributed by atoms with Crippen LogP contribution in [0, 0.1) is 0 Å². The summed E-state index contributed by atoms with van der Waals surface area (Å²) in [4.78, 5) is 0. The van der Waals surface area contributed by atoms with Crippen molar-refractivity contribution in [2.75, 3.05) is 13.1 Å². The molecule has 1 aliphatic rings. The topological polar surface area (TPSA) is 24.1 Å². The minimum atomic E-state index is 0.733. The van der Waals surface area contributed by atoms with Crippen LogP contribution in [0.4, 0.5) is 0 Å². The Balaban J connectivity index is 2.10. The molecule has 0 spiro atoms. The van der Waals surface area contributed by atoms with Crippen LogP contribution in [0.5, 0.6) is 0 Å². The molecular weight excluding hydrogens is 244 g/mol. The van der Waals surface area contributed by atoms with Crippen molar-refractivity contribution in [2.45, 2.75) is 103 Å². The molecule has 0 unspecified atom stereocenters. The predicted octanol–water partition coefficient (Wildman–Crippen LogP) is 4.64. The Morgan fingerprint density at radius 3 is 1.50 bits per heavy atom. The molecule has 0 heterocycles. The first-order chi connectivity index (χ1) is 9.88. The summed E-state index contributed by atoms with van der Waals surface area (Å²) in [5.74, 6) is 0. The number of hydrogen-bond donors (Lipinski definition) is 2. The standard InChI is InChI=1S/C18H38N2/c1-3-5-7-11-15-19-17-13-9-10-14-18(17)20-16-12-8-6-4-2/h17-20H,3-16H2,1-2H3/t17-,18-/m0/s1. The van der Waals surface area contributed by atoms with Crippen LogP contribution in [0.15, 0.2) is 0 Å².